The van der Waals surface area contributed by atoms with E-state index in [1.807, 2.05) is 0 Å². The monoisotopic (exact) mass is 183 g/mol. The average molecular weight is 183 g/mol. The first-order chi connectivity index (χ1) is 6.29. The Hall–Kier alpha value is -0.120. The number of hydrogen-bond donors (Lipinski definition) is 1. The van der Waals surface area contributed by atoms with Gasteiger partial charge in [-0.15, -0.1) is 0 Å². The summed E-state index contributed by atoms with van der Waals surface area (Å²) in [6.45, 7) is 5.05. The molecule has 3 nitrogen and oxygen atoms in total. The number of nitrogens with one attached hydrogen (secondary N) is 1. The van der Waals surface area contributed by atoms with Crippen molar-refractivity contribution >= 4 is 0 Å². The van der Waals surface area contributed by atoms with E-state index in [9.17, 15) is 0 Å². The Morgan fingerprint density at radius 3 is 2.23 bits per heavy atom. The van der Waals surface area contributed by atoms with Crippen molar-refractivity contribution in [1.82, 2.24) is 15.1 Å². The fraction of sp³-hybridized carbons (Fsp3) is 1.00. The zero-order valence-electron chi connectivity index (χ0n) is 8.79. The first-order valence-corrected chi connectivity index (χ1v) is 5.39. The second kappa shape index (κ2) is 3.95. The summed E-state index contributed by atoms with van der Waals surface area (Å²) in [7, 11) is 4.29. The zero-order valence-corrected chi connectivity index (χ0v) is 8.79. The van der Waals surface area contributed by atoms with Gasteiger partial charge in [-0.2, -0.15) is 0 Å². The molecule has 13 heavy (non-hydrogen) atoms. The van der Waals surface area contributed by atoms with Crippen LogP contribution in [0.1, 0.15) is 12.8 Å². The van der Waals surface area contributed by atoms with Crippen LogP contribution >= 0.6 is 0 Å². The predicted octanol–water partition coefficient (Wildman–Crippen LogP) is -0.0158. The molecule has 1 aliphatic carbocycles. The lowest BCUT2D eigenvalue weighted by atomic mass is 9.85. The summed E-state index contributed by atoms with van der Waals surface area (Å²) < 4.78 is 0. The van der Waals surface area contributed by atoms with E-state index in [2.05, 4.69) is 29.2 Å². The quantitative estimate of drug-likeness (QED) is 0.649. The molecule has 0 atom stereocenters. The topological polar surface area (TPSA) is 18.5 Å². The molecule has 0 unspecified atom stereocenters. The highest BCUT2D eigenvalue weighted by Crippen LogP contribution is 2.25. The summed E-state index contributed by atoms with van der Waals surface area (Å²) in [5.41, 5.74) is 0. The van der Waals surface area contributed by atoms with Gasteiger partial charge < -0.3 is 10.2 Å². The zero-order chi connectivity index (χ0) is 9.26. The Morgan fingerprint density at radius 1 is 1.08 bits per heavy atom. The second-order valence-corrected chi connectivity index (χ2v) is 4.45. The van der Waals surface area contributed by atoms with E-state index in [-0.39, 0.29) is 0 Å². The first-order valence-electron chi connectivity index (χ1n) is 5.39. The summed E-state index contributed by atoms with van der Waals surface area (Å²) in [6, 6.07) is 1.68. The van der Waals surface area contributed by atoms with Crippen molar-refractivity contribution in [1.29, 1.82) is 0 Å². The highest BCUT2D eigenvalue weighted by molar-refractivity contribution is 4.92. The van der Waals surface area contributed by atoms with Crippen molar-refractivity contribution in [2.45, 2.75) is 24.9 Å². The van der Waals surface area contributed by atoms with Crippen molar-refractivity contribution in [2.75, 3.05) is 40.3 Å². The van der Waals surface area contributed by atoms with Crippen molar-refractivity contribution < 1.29 is 0 Å². The van der Waals surface area contributed by atoms with Crippen LogP contribution in [0.15, 0.2) is 0 Å². The maximum Gasteiger partial charge on any atom is 0.0126 e. The smallest absolute Gasteiger partial charge is 0.0126 e. The van der Waals surface area contributed by atoms with E-state index >= 15 is 0 Å². The van der Waals surface area contributed by atoms with Gasteiger partial charge in [0.2, 0.25) is 0 Å². The molecule has 76 valence electrons. The summed E-state index contributed by atoms with van der Waals surface area (Å²) in [5, 5.41) is 3.34. The number of likely N-dealkylation sites (N-methyl/N-ethyl adjacent to an activating group) is 1. The third-order valence-corrected chi connectivity index (χ3v) is 3.58. The lowest BCUT2D eigenvalue weighted by Gasteiger charge is -2.45. The minimum absolute atomic E-state index is 0.796. The Morgan fingerprint density at radius 2 is 1.69 bits per heavy atom. The number of nitrogens with zero attached hydrogens (tertiary/aromatic N) is 2. The Labute approximate surface area is 81.1 Å². The Bertz CT molecular complexity index is 158. The van der Waals surface area contributed by atoms with E-state index in [4.69, 9.17) is 0 Å². The van der Waals surface area contributed by atoms with Crippen LogP contribution in [0.5, 0.6) is 0 Å². The molecule has 1 aliphatic heterocycles. The summed E-state index contributed by atoms with van der Waals surface area (Å²) in [4.78, 5) is 5.08. The van der Waals surface area contributed by atoms with E-state index in [1.165, 1.54) is 39.0 Å². The van der Waals surface area contributed by atoms with Crippen LogP contribution in [0, 0.1) is 0 Å². The molecule has 0 aromatic carbocycles. The molecule has 2 aliphatic rings. The SMILES string of the molecule is CN[C@H]1C[C@@H](N2CCN(C)CC2)C1. The molecule has 1 heterocycles. The fourth-order valence-electron chi connectivity index (χ4n) is 2.31. The lowest BCUT2D eigenvalue weighted by Crippen LogP contribution is -2.56. The molecule has 0 amide bonds. The molecular weight excluding hydrogens is 162 g/mol. The standard InChI is InChI=1S/C10H21N3/c1-11-9-7-10(8-9)13-5-3-12(2)4-6-13/h9-11H,3-8H2,1-2H3/t9-,10+. The predicted molar refractivity (Wildman–Crippen MR) is 54.9 cm³/mol. The molecule has 0 spiro atoms. The van der Waals surface area contributed by atoms with E-state index in [0.717, 1.165) is 12.1 Å². The summed E-state index contributed by atoms with van der Waals surface area (Å²) >= 11 is 0. The average Bonchev–Trinajstić information content (AvgIpc) is 2.06. The minimum Gasteiger partial charge on any atom is -0.317 e. The molecule has 2 rings (SSSR count). The molecule has 3 heteroatoms. The van der Waals surface area contributed by atoms with Crippen molar-refractivity contribution in [3.63, 3.8) is 0 Å². The van der Waals surface area contributed by atoms with Gasteiger partial charge in [-0.05, 0) is 26.9 Å². The van der Waals surface area contributed by atoms with Gasteiger partial charge in [-0.3, -0.25) is 4.90 Å². The van der Waals surface area contributed by atoms with Crippen LogP contribution < -0.4 is 5.32 Å². The number of piperazine rings is 1. The molecule has 1 saturated heterocycles. The Kier molecular flexibility index (Phi) is 2.86. The molecule has 1 saturated carbocycles. The van der Waals surface area contributed by atoms with Gasteiger partial charge in [0.25, 0.3) is 0 Å². The van der Waals surface area contributed by atoms with Gasteiger partial charge in [0, 0.05) is 38.3 Å². The summed E-state index contributed by atoms with van der Waals surface area (Å²) in [5.74, 6) is 0. The fourth-order valence-corrected chi connectivity index (χ4v) is 2.31. The van der Waals surface area contributed by atoms with Crippen LogP contribution in [-0.2, 0) is 0 Å². The van der Waals surface area contributed by atoms with Crippen molar-refractivity contribution in [2.24, 2.45) is 0 Å². The largest absolute Gasteiger partial charge is 0.317 e. The first kappa shape index (κ1) is 9.44. The van der Waals surface area contributed by atoms with Gasteiger partial charge in [0.05, 0.1) is 0 Å². The van der Waals surface area contributed by atoms with Crippen LogP contribution in [0.4, 0.5) is 0 Å². The van der Waals surface area contributed by atoms with Gasteiger partial charge in [0.1, 0.15) is 0 Å². The molecule has 0 aromatic heterocycles. The normalized spacial score (nSPS) is 37.4. The third kappa shape index (κ3) is 2.03. The van der Waals surface area contributed by atoms with Gasteiger partial charge >= 0.3 is 0 Å². The maximum atomic E-state index is 3.34. The molecule has 0 aromatic rings. The minimum atomic E-state index is 0.796. The van der Waals surface area contributed by atoms with Crippen molar-refractivity contribution in [3.8, 4) is 0 Å². The lowest BCUT2D eigenvalue weighted by molar-refractivity contribution is 0.0551. The highest BCUT2D eigenvalue weighted by Gasteiger charge is 2.33. The number of rotatable bonds is 2. The number of hydrogen-bond acceptors (Lipinski definition) is 3. The molecular formula is C10H21N3. The van der Waals surface area contributed by atoms with Crippen LogP contribution in [0.3, 0.4) is 0 Å². The molecule has 0 radical (unpaired) electrons. The van der Waals surface area contributed by atoms with Crippen LogP contribution in [0.2, 0.25) is 0 Å². The third-order valence-electron chi connectivity index (χ3n) is 3.58. The molecule has 2 fully saturated rings. The van der Waals surface area contributed by atoms with Crippen molar-refractivity contribution in [3.05, 3.63) is 0 Å². The maximum absolute atomic E-state index is 3.34. The summed E-state index contributed by atoms with van der Waals surface area (Å²) in [6.07, 6.45) is 2.72. The highest BCUT2D eigenvalue weighted by atomic mass is 15.3. The Balaban J connectivity index is 1.71. The van der Waals surface area contributed by atoms with E-state index in [0.29, 0.717) is 0 Å². The molecule has 0 bridgehead atoms. The van der Waals surface area contributed by atoms with Gasteiger partial charge in [-0.25, -0.2) is 0 Å². The van der Waals surface area contributed by atoms with Gasteiger partial charge in [-0.1, -0.05) is 0 Å². The van der Waals surface area contributed by atoms with E-state index < -0.39 is 0 Å². The van der Waals surface area contributed by atoms with Crippen LogP contribution in [-0.4, -0.2) is 62.2 Å². The molecule has 1 N–H and O–H groups in total. The second-order valence-electron chi connectivity index (χ2n) is 4.45. The van der Waals surface area contributed by atoms with Gasteiger partial charge in [0.15, 0.2) is 0 Å². The van der Waals surface area contributed by atoms with Crippen LogP contribution in [0.25, 0.3) is 0 Å². The van der Waals surface area contributed by atoms with E-state index in [1.54, 1.807) is 0 Å².